The van der Waals surface area contributed by atoms with E-state index < -0.39 is 0 Å². The summed E-state index contributed by atoms with van der Waals surface area (Å²) < 4.78 is 16.6. The number of rotatable bonds is 9. The number of aliphatic imine (C=N–C) groups is 1. The predicted octanol–water partition coefficient (Wildman–Crippen LogP) is 3.15. The minimum atomic E-state index is 0. The largest absolute Gasteiger partial charge is 0.496 e. The Bertz CT molecular complexity index is 551. The molecule has 0 radical (unpaired) electrons. The van der Waals surface area contributed by atoms with E-state index in [0.29, 0.717) is 5.92 Å². The zero-order chi connectivity index (χ0) is 18.6. The lowest BCUT2D eigenvalue weighted by atomic mass is 10.0. The summed E-state index contributed by atoms with van der Waals surface area (Å²) in [6.07, 6.45) is 3.21. The molecule has 27 heavy (non-hydrogen) atoms. The van der Waals surface area contributed by atoms with Gasteiger partial charge >= 0.3 is 0 Å². The molecule has 0 aromatic heterocycles. The number of ether oxygens (including phenoxy) is 3. The molecule has 7 heteroatoms. The Morgan fingerprint density at radius 3 is 2.74 bits per heavy atom. The first-order valence-electron chi connectivity index (χ1n) is 9.43. The van der Waals surface area contributed by atoms with Crippen LogP contribution < -0.4 is 10.1 Å². The molecule has 154 valence electrons. The molecule has 1 aliphatic rings. The molecule has 1 aromatic carbocycles. The van der Waals surface area contributed by atoms with Gasteiger partial charge in [0, 0.05) is 59.2 Å². The lowest BCUT2D eigenvalue weighted by Crippen LogP contribution is -2.39. The summed E-state index contributed by atoms with van der Waals surface area (Å²) in [7, 11) is 5.54. The van der Waals surface area contributed by atoms with E-state index >= 15 is 0 Å². The van der Waals surface area contributed by atoms with Crippen LogP contribution in [0.1, 0.15) is 24.8 Å². The van der Waals surface area contributed by atoms with Crippen LogP contribution in [0.5, 0.6) is 5.75 Å². The lowest BCUT2D eigenvalue weighted by Gasteiger charge is -2.23. The topological polar surface area (TPSA) is 55.3 Å². The Morgan fingerprint density at radius 1 is 1.30 bits per heavy atom. The van der Waals surface area contributed by atoms with Gasteiger partial charge in [-0.3, -0.25) is 4.99 Å². The van der Waals surface area contributed by atoms with Crippen LogP contribution in [-0.4, -0.2) is 65.0 Å². The van der Waals surface area contributed by atoms with E-state index in [9.17, 15) is 0 Å². The average Bonchev–Trinajstić information content (AvgIpc) is 2.68. The van der Waals surface area contributed by atoms with Gasteiger partial charge in [-0.25, -0.2) is 0 Å². The molecule has 1 aliphatic heterocycles. The minimum absolute atomic E-state index is 0. The van der Waals surface area contributed by atoms with E-state index in [2.05, 4.69) is 21.3 Å². The summed E-state index contributed by atoms with van der Waals surface area (Å²) in [5.41, 5.74) is 1.14. The summed E-state index contributed by atoms with van der Waals surface area (Å²) in [4.78, 5) is 6.46. The minimum Gasteiger partial charge on any atom is -0.496 e. The number of para-hydroxylation sites is 1. The second-order valence-corrected chi connectivity index (χ2v) is 6.63. The number of guanidine groups is 1. The predicted molar refractivity (Wildman–Crippen MR) is 120 cm³/mol. The first-order valence-corrected chi connectivity index (χ1v) is 9.43. The molecule has 0 bridgehead atoms. The van der Waals surface area contributed by atoms with Gasteiger partial charge in [-0.2, -0.15) is 0 Å². The molecule has 2 rings (SSSR count). The van der Waals surface area contributed by atoms with Crippen molar-refractivity contribution in [3.63, 3.8) is 0 Å². The SMILES string of the molecule is CN=C(NCCCOCC1CCOCC1)N(C)Cc1ccccc1OC.I. The quantitative estimate of drug-likeness (QED) is 0.249. The standard InChI is InChI=1S/C20H33N3O3.HI/c1-21-20(23(2)15-18-7-4-5-8-19(18)24-3)22-11-6-12-26-16-17-9-13-25-14-10-17;/h4-5,7-8,17H,6,9-16H2,1-3H3,(H,21,22);1H. The van der Waals surface area contributed by atoms with E-state index in [-0.39, 0.29) is 24.0 Å². The molecule has 0 aliphatic carbocycles. The Balaban J connectivity index is 0.00000364. The Morgan fingerprint density at radius 2 is 2.04 bits per heavy atom. The Hall–Kier alpha value is -1.06. The van der Waals surface area contributed by atoms with Crippen molar-refractivity contribution in [2.75, 3.05) is 54.2 Å². The zero-order valence-corrected chi connectivity index (χ0v) is 19.1. The molecule has 0 atom stereocenters. The van der Waals surface area contributed by atoms with Crippen LogP contribution in [0.15, 0.2) is 29.3 Å². The molecule has 0 spiro atoms. The fourth-order valence-corrected chi connectivity index (χ4v) is 3.09. The molecule has 0 amide bonds. The van der Waals surface area contributed by atoms with Crippen LogP contribution in [0.2, 0.25) is 0 Å². The zero-order valence-electron chi connectivity index (χ0n) is 16.8. The van der Waals surface area contributed by atoms with E-state index in [1.807, 2.05) is 32.3 Å². The number of benzene rings is 1. The second-order valence-electron chi connectivity index (χ2n) is 6.63. The molecule has 6 nitrogen and oxygen atoms in total. The number of nitrogens with zero attached hydrogens (tertiary/aromatic N) is 2. The average molecular weight is 491 g/mol. The van der Waals surface area contributed by atoms with Crippen molar-refractivity contribution < 1.29 is 14.2 Å². The van der Waals surface area contributed by atoms with Gasteiger partial charge in [0.2, 0.25) is 0 Å². The first-order chi connectivity index (χ1) is 12.7. The van der Waals surface area contributed by atoms with E-state index in [0.717, 1.165) is 76.1 Å². The Kier molecular flexibility index (Phi) is 12.4. The molecule has 0 saturated carbocycles. The van der Waals surface area contributed by atoms with Gasteiger partial charge in [-0.15, -0.1) is 24.0 Å². The molecular weight excluding hydrogens is 457 g/mol. The van der Waals surface area contributed by atoms with Crippen LogP contribution in [-0.2, 0) is 16.0 Å². The van der Waals surface area contributed by atoms with Crippen molar-refractivity contribution in [3.05, 3.63) is 29.8 Å². The van der Waals surface area contributed by atoms with Crippen molar-refractivity contribution in [2.45, 2.75) is 25.8 Å². The maximum Gasteiger partial charge on any atom is 0.193 e. The van der Waals surface area contributed by atoms with Crippen molar-refractivity contribution in [1.82, 2.24) is 10.2 Å². The molecule has 1 heterocycles. The molecule has 1 N–H and O–H groups in total. The lowest BCUT2D eigenvalue weighted by molar-refractivity contribution is 0.0203. The van der Waals surface area contributed by atoms with E-state index in [4.69, 9.17) is 14.2 Å². The number of nitrogens with one attached hydrogen (secondary N) is 1. The highest BCUT2D eigenvalue weighted by molar-refractivity contribution is 14.0. The monoisotopic (exact) mass is 491 g/mol. The smallest absolute Gasteiger partial charge is 0.193 e. The summed E-state index contributed by atoms with van der Waals surface area (Å²) >= 11 is 0. The van der Waals surface area contributed by atoms with Crippen molar-refractivity contribution in [3.8, 4) is 5.75 Å². The van der Waals surface area contributed by atoms with Gasteiger partial charge in [0.1, 0.15) is 5.75 Å². The maximum atomic E-state index is 5.81. The van der Waals surface area contributed by atoms with Crippen molar-refractivity contribution >= 4 is 29.9 Å². The third-order valence-corrected chi connectivity index (χ3v) is 4.62. The molecule has 0 unspecified atom stereocenters. The fraction of sp³-hybridized carbons (Fsp3) is 0.650. The number of methoxy groups -OCH3 is 1. The van der Waals surface area contributed by atoms with Gasteiger partial charge in [-0.1, -0.05) is 18.2 Å². The van der Waals surface area contributed by atoms with Gasteiger partial charge < -0.3 is 24.4 Å². The summed E-state index contributed by atoms with van der Waals surface area (Å²) in [6.45, 7) is 4.97. The number of hydrogen-bond donors (Lipinski definition) is 1. The van der Waals surface area contributed by atoms with Crippen LogP contribution in [0.25, 0.3) is 0 Å². The van der Waals surface area contributed by atoms with E-state index in [1.54, 1.807) is 7.11 Å². The second kappa shape index (κ2) is 14.0. The van der Waals surface area contributed by atoms with Crippen molar-refractivity contribution in [2.24, 2.45) is 10.9 Å². The van der Waals surface area contributed by atoms with Gasteiger partial charge in [-0.05, 0) is 31.2 Å². The third kappa shape index (κ3) is 8.66. The highest BCUT2D eigenvalue weighted by atomic mass is 127. The van der Waals surface area contributed by atoms with Gasteiger partial charge in [0.05, 0.1) is 7.11 Å². The molecule has 1 fully saturated rings. The maximum absolute atomic E-state index is 5.81. The highest BCUT2D eigenvalue weighted by Gasteiger charge is 2.13. The van der Waals surface area contributed by atoms with Gasteiger partial charge in [0.25, 0.3) is 0 Å². The van der Waals surface area contributed by atoms with E-state index in [1.165, 1.54) is 0 Å². The van der Waals surface area contributed by atoms with Crippen LogP contribution in [0.4, 0.5) is 0 Å². The fourth-order valence-electron chi connectivity index (χ4n) is 3.09. The van der Waals surface area contributed by atoms with Gasteiger partial charge in [0.15, 0.2) is 5.96 Å². The summed E-state index contributed by atoms with van der Waals surface area (Å²) in [5.74, 6) is 2.44. The van der Waals surface area contributed by atoms with Crippen LogP contribution in [0, 0.1) is 5.92 Å². The highest BCUT2D eigenvalue weighted by Crippen LogP contribution is 2.18. The third-order valence-electron chi connectivity index (χ3n) is 4.62. The molecular formula is C20H34IN3O3. The molecule has 1 aromatic rings. The number of halogens is 1. The van der Waals surface area contributed by atoms with Crippen LogP contribution in [0.3, 0.4) is 0 Å². The summed E-state index contributed by atoms with van der Waals surface area (Å²) in [5, 5.41) is 3.40. The molecule has 1 saturated heterocycles. The number of hydrogen-bond acceptors (Lipinski definition) is 4. The van der Waals surface area contributed by atoms with Crippen LogP contribution >= 0.6 is 24.0 Å². The Labute approximate surface area is 180 Å². The van der Waals surface area contributed by atoms with Crippen molar-refractivity contribution in [1.29, 1.82) is 0 Å². The summed E-state index contributed by atoms with van der Waals surface area (Å²) in [6, 6.07) is 8.06. The normalized spacial score (nSPS) is 15.1. The first kappa shape index (κ1) is 24.0.